The maximum Gasteiger partial charge on any atom is 0.122 e. The summed E-state index contributed by atoms with van der Waals surface area (Å²) in [5.41, 5.74) is 2.72. The molecular formula is C22H22O6. The summed E-state index contributed by atoms with van der Waals surface area (Å²) >= 11 is 0. The summed E-state index contributed by atoms with van der Waals surface area (Å²) in [7, 11) is 0. The minimum absolute atomic E-state index is 0.0272. The third-order valence-corrected chi connectivity index (χ3v) is 4.57. The van der Waals surface area contributed by atoms with Crippen LogP contribution < -0.4 is 0 Å². The molecule has 0 atom stereocenters. The van der Waals surface area contributed by atoms with Gasteiger partial charge in [0.15, 0.2) is 0 Å². The van der Waals surface area contributed by atoms with Gasteiger partial charge in [0.05, 0.1) is 0 Å². The van der Waals surface area contributed by atoms with Crippen molar-refractivity contribution in [1.82, 2.24) is 0 Å². The maximum atomic E-state index is 10.1. The summed E-state index contributed by atoms with van der Waals surface area (Å²) in [6.07, 6.45) is 1.88. The molecule has 0 aliphatic rings. The second-order valence-electron chi connectivity index (χ2n) is 6.82. The molecule has 28 heavy (non-hydrogen) atoms. The monoisotopic (exact) mass is 382 g/mol. The van der Waals surface area contributed by atoms with Gasteiger partial charge in [-0.15, -0.1) is 0 Å². The van der Waals surface area contributed by atoms with Crippen molar-refractivity contribution < 1.29 is 30.6 Å². The third-order valence-electron chi connectivity index (χ3n) is 4.57. The van der Waals surface area contributed by atoms with E-state index in [4.69, 9.17) is 0 Å². The molecule has 0 bridgehead atoms. The predicted octanol–water partition coefficient (Wildman–Crippen LogP) is 3.49. The van der Waals surface area contributed by atoms with Gasteiger partial charge < -0.3 is 30.6 Å². The normalized spacial score (nSPS) is 10.9. The van der Waals surface area contributed by atoms with Crippen molar-refractivity contribution in [2.24, 2.45) is 0 Å². The molecule has 0 saturated heterocycles. The van der Waals surface area contributed by atoms with Gasteiger partial charge in [-0.25, -0.2) is 0 Å². The number of aryl methyl sites for hydroxylation is 4. The lowest BCUT2D eigenvalue weighted by Crippen LogP contribution is -1.97. The van der Waals surface area contributed by atoms with E-state index < -0.39 is 0 Å². The molecule has 0 heterocycles. The summed E-state index contributed by atoms with van der Waals surface area (Å²) in [4.78, 5) is 0. The number of phenols is 6. The first-order valence-electron chi connectivity index (χ1n) is 8.87. The fourth-order valence-electron chi connectivity index (χ4n) is 3.23. The minimum Gasteiger partial charge on any atom is -0.508 e. The zero-order chi connectivity index (χ0) is 20.3. The van der Waals surface area contributed by atoms with Crippen LogP contribution in [-0.2, 0) is 25.7 Å². The lowest BCUT2D eigenvalue weighted by Gasteiger charge is -2.11. The smallest absolute Gasteiger partial charge is 0.122 e. The molecule has 6 heteroatoms. The van der Waals surface area contributed by atoms with Crippen LogP contribution in [0.1, 0.15) is 22.3 Å². The molecule has 3 aromatic rings. The highest BCUT2D eigenvalue weighted by Crippen LogP contribution is 2.31. The molecule has 3 aromatic carbocycles. The van der Waals surface area contributed by atoms with Crippen molar-refractivity contribution in [2.75, 3.05) is 0 Å². The Labute approximate surface area is 162 Å². The highest BCUT2D eigenvalue weighted by atomic mass is 16.3. The second kappa shape index (κ2) is 8.00. The van der Waals surface area contributed by atoms with Gasteiger partial charge in [-0.1, -0.05) is 0 Å². The van der Waals surface area contributed by atoms with E-state index in [0.29, 0.717) is 36.8 Å². The number of phenolic OH excluding ortho intramolecular Hbond substituents is 6. The van der Waals surface area contributed by atoms with Crippen LogP contribution >= 0.6 is 0 Å². The van der Waals surface area contributed by atoms with Gasteiger partial charge in [0, 0.05) is 18.2 Å². The molecule has 0 radical (unpaired) electrons. The lowest BCUT2D eigenvalue weighted by atomic mass is 9.97. The summed E-state index contributed by atoms with van der Waals surface area (Å²) in [5, 5.41) is 58.5. The van der Waals surface area contributed by atoms with Gasteiger partial charge >= 0.3 is 0 Å². The number of hydrogen-bond donors (Lipinski definition) is 6. The molecule has 0 amide bonds. The molecule has 0 aromatic heterocycles. The third kappa shape index (κ3) is 4.79. The van der Waals surface area contributed by atoms with E-state index in [1.165, 1.54) is 18.2 Å². The van der Waals surface area contributed by atoms with E-state index in [1.54, 1.807) is 30.3 Å². The van der Waals surface area contributed by atoms with Gasteiger partial charge in [0.2, 0.25) is 0 Å². The number of aromatic hydroxyl groups is 6. The average Bonchev–Trinajstić information content (AvgIpc) is 2.58. The Morgan fingerprint density at radius 1 is 0.393 bits per heavy atom. The van der Waals surface area contributed by atoms with Gasteiger partial charge in [-0.3, -0.25) is 0 Å². The molecule has 6 nitrogen and oxygen atoms in total. The van der Waals surface area contributed by atoms with E-state index >= 15 is 0 Å². The van der Waals surface area contributed by atoms with Crippen molar-refractivity contribution in [2.45, 2.75) is 25.7 Å². The predicted molar refractivity (Wildman–Crippen MR) is 104 cm³/mol. The molecule has 0 unspecified atom stereocenters. The molecule has 0 saturated carbocycles. The van der Waals surface area contributed by atoms with Crippen LogP contribution in [-0.4, -0.2) is 30.6 Å². The molecule has 3 rings (SSSR count). The van der Waals surface area contributed by atoms with Gasteiger partial charge in [-0.05, 0) is 78.3 Å². The molecule has 0 spiro atoms. The van der Waals surface area contributed by atoms with Crippen LogP contribution in [0, 0.1) is 0 Å². The highest BCUT2D eigenvalue weighted by Gasteiger charge is 2.11. The maximum absolute atomic E-state index is 10.1. The summed E-state index contributed by atoms with van der Waals surface area (Å²) < 4.78 is 0. The molecular weight excluding hydrogens is 360 g/mol. The van der Waals surface area contributed by atoms with Crippen LogP contribution in [0.3, 0.4) is 0 Å². The van der Waals surface area contributed by atoms with Crippen LogP contribution in [0.4, 0.5) is 0 Å². The zero-order valence-electron chi connectivity index (χ0n) is 15.1. The fourth-order valence-corrected chi connectivity index (χ4v) is 3.23. The van der Waals surface area contributed by atoms with Crippen molar-refractivity contribution in [1.29, 1.82) is 0 Å². The van der Waals surface area contributed by atoms with Crippen LogP contribution in [0.15, 0.2) is 48.5 Å². The van der Waals surface area contributed by atoms with Crippen molar-refractivity contribution in [3.63, 3.8) is 0 Å². The standard InChI is InChI=1S/C22H22O6/c23-17-5-13(6-18(24)10-17)1-3-15-9-16(22(28)12-21(15)27)4-2-14-7-19(25)11-20(26)8-14/h5-12,23-28H,1-4H2. The van der Waals surface area contributed by atoms with Crippen LogP contribution in [0.25, 0.3) is 0 Å². The summed E-state index contributed by atoms with van der Waals surface area (Å²) in [5.74, 6) is -0.166. The van der Waals surface area contributed by atoms with Crippen LogP contribution in [0.5, 0.6) is 34.5 Å². The largest absolute Gasteiger partial charge is 0.508 e. The van der Waals surface area contributed by atoms with E-state index in [0.717, 1.165) is 11.1 Å². The number of rotatable bonds is 6. The van der Waals surface area contributed by atoms with Crippen molar-refractivity contribution >= 4 is 0 Å². The average molecular weight is 382 g/mol. The van der Waals surface area contributed by atoms with Crippen molar-refractivity contribution in [3.8, 4) is 34.5 Å². The van der Waals surface area contributed by atoms with E-state index in [2.05, 4.69) is 0 Å². The molecule has 0 aliphatic heterocycles. The van der Waals surface area contributed by atoms with Crippen LogP contribution in [0.2, 0.25) is 0 Å². The summed E-state index contributed by atoms with van der Waals surface area (Å²) in [6.45, 7) is 0. The zero-order valence-corrected chi connectivity index (χ0v) is 15.1. The Hall–Kier alpha value is -3.54. The molecule has 6 N–H and O–H groups in total. The van der Waals surface area contributed by atoms with Gasteiger partial charge in [-0.2, -0.15) is 0 Å². The highest BCUT2D eigenvalue weighted by molar-refractivity contribution is 5.46. The first kappa shape index (κ1) is 19.2. The first-order chi connectivity index (χ1) is 13.3. The Kier molecular flexibility index (Phi) is 5.49. The van der Waals surface area contributed by atoms with E-state index in [9.17, 15) is 30.6 Å². The Bertz CT molecular complexity index is 879. The molecule has 146 valence electrons. The molecule has 0 fully saturated rings. The van der Waals surface area contributed by atoms with E-state index in [1.807, 2.05) is 0 Å². The Morgan fingerprint density at radius 3 is 1.11 bits per heavy atom. The number of benzene rings is 3. The molecule has 0 aliphatic carbocycles. The minimum atomic E-state index is -0.0278. The first-order valence-corrected chi connectivity index (χ1v) is 8.87. The fraction of sp³-hybridized carbons (Fsp3) is 0.182. The van der Waals surface area contributed by atoms with Gasteiger partial charge in [0.1, 0.15) is 34.5 Å². The quantitative estimate of drug-likeness (QED) is 0.388. The van der Waals surface area contributed by atoms with E-state index in [-0.39, 0.29) is 34.5 Å². The van der Waals surface area contributed by atoms with Gasteiger partial charge in [0.25, 0.3) is 0 Å². The van der Waals surface area contributed by atoms with Crippen molar-refractivity contribution in [3.05, 3.63) is 70.8 Å². The Balaban J connectivity index is 1.74. The topological polar surface area (TPSA) is 121 Å². The SMILES string of the molecule is Oc1cc(O)cc(CCc2cc(CCc3cc(O)cc(O)c3)c(O)cc2O)c1. The lowest BCUT2D eigenvalue weighted by molar-refractivity contribution is 0.441. The second-order valence-corrected chi connectivity index (χ2v) is 6.82. The number of hydrogen-bond acceptors (Lipinski definition) is 6. The summed E-state index contributed by atoms with van der Waals surface area (Å²) in [6, 6.07) is 11.7. The Morgan fingerprint density at radius 2 is 0.750 bits per heavy atom.